The van der Waals surface area contributed by atoms with Gasteiger partial charge in [-0.25, -0.2) is 13.1 Å². The molecule has 24 heavy (non-hydrogen) atoms. The largest absolute Gasteiger partial charge is 0.372 e. The third kappa shape index (κ3) is 4.49. The lowest BCUT2D eigenvalue weighted by Crippen LogP contribution is -2.64. The SMILES string of the molecule is CCS(=O)(=O)NC[C@H]1CCC2(CN(Cc3cccc(Cl)c3)C2)OC1. The van der Waals surface area contributed by atoms with Crippen LogP contribution in [0.1, 0.15) is 25.3 Å². The molecule has 5 nitrogen and oxygen atoms in total. The Morgan fingerprint density at radius 2 is 2.21 bits per heavy atom. The van der Waals surface area contributed by atoms with E-state index < -0.39 is 10.0 Å². The zero-order valence-corrected chi connectivity index (χ0v) is 15.6. The average Bonchev–Trinajstić information content (AvgIpc) is 2.53. The summed E-state index contributed by atoms with van der Waals surface area (Å²) in [6.07, 6.45) is 2.01. The van der Waals surface area contributed by atoms with Crippen LogP contribution in [-0.2, 0) is 21.3 Å². The summed E-state index contributed by atoms with van der Waals surface area (Å²) in [6, 6.07) is 7.96. The summed E-state index contributed by atoms with van der Waals surface area (Å²) < 4.78 is 31.8. The van der Waals surface area contributed by atoms with Gasteiger partial charge in [-0.2, -0.15) is 0 Å². The van der Waals surface area contributed by atoms with Gasteiger partial charge in [0.05, 0.1) is 18.0 Å². The van der Waals surface area contributed by atoms with E-state index in [0.29, 0.717) is 13.2 Å². The molecule has 0 bridgehead atoms. The van der Waals surface area contributed by atoms with Crippen molar-refractivity contribution in [2.75, 3.05) is 32.0 Å². The number of hydrogen-bond acceptors (Lipinski definition) is 4. The quantitative estimate of drug-likeness (QED) is 0.832. The standard InChI is InChI=1S/C17H25ClN2O3S/c1-2-24(21,22)19-9-15-6-7-17(23-11-15)12-20(13-17)10-14-4-3-5-16(18)8-14/h3-5,8,15,19H,2,6-7,9-13H2,1H3/t15-/m1/s1. The van der Waals surface area contributed by atoms with Crippen LogP contribution in [0.4, 0.5) is 0 Å². The second-order valence-electron chi connectivity index (χ2n) is 6.93. The fourth-order valence-corrected chi connectivity index (χ4v) is 4.36. The topological polar surface area (TPSA) is 58.6 Å². The number of likely N-dealkylation sites (tertiary alicyclic amines) is 1. The highest BCUT2D eigenvalue weighted by Crippen LogP contribution is 2.36. The number of nitrogens with zero attached hydrogens (tertiary/aromatic N) is 1. The van der Waals surface area contributed by atoms with Crippen LogP contribution in [0.25, 0.3) is 0 Å². The average molecular weight is 373 g/mol. The molecular weight excluding hydrogens is 348 g/mol. The lowest BCUT2D eigenvalue weighted by atomic mass is 9.83. The number of benzene rings is 1. The second kappa shape index (κ2) is 7.30. The van der Waals surface area contributed by atoms with Gasteiger partial charge < -0.3 is 4.74 Å². The second-order valence-corrected chi connectivity index (χ2v) is 9.46. The third-order valence-electron chi connectivity index (χ3n) is 4.92. The molecule has 2 fully saturated rings. The molecule has 2 heterocycles. The van der Waals surface area contributed by atoms with Crippen LogP contribution in [0.3, 0.4) is 0 Å². The summed E-state index contributed by atoms with van der Waals surface area (Å²) in [5.41, 5.74) is 1.19. The summed E-state index contributed by atoms with van der Waals surface area (Å²) in [7, 11) is -3.11. The Morgan fingerprint density at radius 1 is 1.42 bits per heavy atom. The number of halogens is 1. The first-order valence-corrected chi connectivity index (χ1v) is 10.5. The van der Waals surface area contributed by atoms with Crippen molar-refractivity contribution < 1.29 is 13.2 Å². The maximum Gasteiger partial charge on any atom is 0.211 e. The highest BCUT2D eigenvalue weighted by molar-refractivity contribution is 7.89. The predicted molar refractivity (Wildman–Crippen MR) is 95.6 cm³/mol. The number of hydrogen-bond donors (Lipinski definition) is 1. The zero-order valence-electron chi connectivity index (χ0n) is 14.0. The number of ether oxygens (including phenoxy) is 1. The van der Waals surface area contributed by atoms with E-state index in [9.17, 15) is 8.42 Å². The summed E-state index contributed by atoms with van der Waals surface area (Å²) >= 11 is 6.03. The maximum absolute atomic E-state index is 11.5. The third-order valence-corrected chi connectivity index (χ3v) is 6.53. The number of sulfonamides is 1. The monoisotopic (exact) mass is 372 g/mol. The van der Waals surface area contributed by atoms with E-state index in [1.165, 1.54) is 5.56 Å². The van der Waals surface area contributed by atoms with Crippen LogP contribution in [0.2, 0.25) is 5.02 Å². The fraction of sp³-hybridized carbons (Fsp3) is 0.647. The van der Waals surface area contributed by atoms with E-state index in [2.05, 4.69) is 15.7 Å². The Hall–Kier alpha value is -0.660. The summed E-state index contributed by atoms with van der Waals surface area (Å²) in [4.78, 5) is 2.37. The highest BCUT2D eigenvalue weighted by atomic mass is 35.5. The Kier molecular flexibility index (Phi) is 5.52. The first kappa shape index (κ1) is 18.1. The van der Waals surface area contributed by atoms with Gasteiger partial charge in [0.25, 0.3) is 0 Å². The molecule has 1 N–H and O–H groups in total. The van der Waals surface area contributed by atoms with Crippen LogP contribution in [0.5, 0.6) is 0 Å². The number of nitrogens with one attached hydrogen (secondary N) is 1. The van der Waals surface area contributed by atoms with E-state index in [4.69, 9.17) is 16.3 Å². The van der Waals surface area contributed by atoms with Crippen molar-refractivity contribution in [2.45, 2.75) is 31.9 Å². The van der Waals surface area contributed by atoms with Gasteiger partial charge in [-0.05, 0) is 43.4 Å². The van der Waals surface area contributed by atoms with Crippen molar-refractivity contribution in [3.63, 3.8) is 0 Å². The molecule has 134 valence electrons. The first-order chi connectivity index (χ1) is 11.4. The van der Waals surface area contributed by atoms with Gasteiger partial charge in [0.15, 0.2) is 0 Å². The van der Waals surface area contributed by atoms with Crippen molar-refractivity contribution in [1.82, 2.24) is 9.62 Å². The summed E-state index contributed by atoms with van der Waals surface area (Å²) in [5, 5.41) is 0.772. The van der Waals surface area contributed by atoms with E-state index in [1.54, 1.807) is 6.92 Å². The molecule has 1 aromatic carbocycles. The Morgan fingerprint density at radius 3 is 2.83 bits per heavy atom. The molecule has 3 rings (SSSR count). The molecule has 2 saturated heterocycles. The normalized spacial score (nSPS) is 24.0. The van der Waals surface area contributed by atoms with Gasteiger partial charge in [-0.3, -0.25) is 4.90 Å². The van der Waals surface area contributed by atoms with Crippen molar-refractivity contribution in [3.8, 4) is 0 Å². The van der Waals surface area contributed by atoms with Gasteiger partial charge in [-0.1, -0.05) is 23.7 Å². The van der Waals surface area contributed by atoms with Gasteiger partial charge in [-0.15, -0.1) is 0 Å². The molecule has 0 unspecified atom stereocenters. The molecular formula is C17H25ClN2O3S. The minimum absolute atomic E-state index is 0.0291. The molecule has 0 saturated carbocycles. The van der Waals surface area contributed by atoms with E-state index in [0.717, 1.165) is 37.5 Å². The summed E-state index contributed by atoms with van der Waals surface area (Å²) in [6.45, 7) is 5.54. The van der Waals surface area contributed by atoms with Gasteiger partial charge in [0.2, 0.25) is 10.0 Å². The van der Waals surface area contributed by atoms with Crippen LogP contribution in [0, 0.1) is 5.92 Å². The van der Waals surface area contributed by atoms with E-state index in [-0.39, 0.29) is 17.3 Å². The lowest BCUT2D eigenvalue weighted by molar-refractivity contribution is -0.181. The van der Waals surface area contributed by atoms with Crippen LogP contribution >= 0.6 is 11.6 Å². The van der Waals surface area contributed by atoms with E-state index in [1.807, 2.05) is 18.2 Å². The van der Waals surface area contributed by atoms with Crippen molar-refractivity contribution in [1.29, 1.82) is 0 Å². The van der Waals surface area contributed by atoms with Crippen molar-refractivity contribution in [2.24, 2.45) is 5.92 Å². The molecule has 0 aromatic heterocycles. The van der Waals surface area contributed by atoms with E-state index >= 15 is 0 Å². The van der Waals surface area contributed by atoms with Crippen molar-refractivity contribution >= 4 is 21.6 Å². The Labute approximate surface area is 149 Å². The molecule has 0 amide bonds. The van der Waals surface area contributed by atoms with Crippen LogP contribution < -0.4 is 4.72 Å². The highest BCUT2D eigenvalue weighted by Gasteiger charge is 2.46. The minimum Gasteiger partial charge on any atom is -0.372 e. The van der Waals surface area contributed by atoms with Gasteiger partial charge in [0.1, 0.15) is 0 Å². The molecule has 2 aliphatic rings. The molecule has 2 aliphatic heterocycles. The first-order valence-electron chi connectivity index (χ1n) is 8.48. The predicted octanol–water partition coefficient (Wildman–Crippen LogP) is 2.26. The Bertz CT molecular complexity index is 664. The minimum atomic E-state index is -3.11. The lowest BCUT2D eigenvalue weighted by Gasteiger charge is -2.53. The van der Waals surface area contributed by atoms with Crippen LogP contribution in [-0.4, -0.2) is 50.9 Å². The molecule has 1 spiro atoms. The molecule has 0 aliphatic carbocycles. The molecule has 1 atom stereocenters. The van der Waals surface area contributed by atoms with Crippen molar-refractivity contribution in [3.05, 3.63) is 34.9 Å². The molecule has 0 radical (unpaired) electrons. The van der Waals surface area contributed by atoms with Crippen LogP contribution in [0.15, 0.2) is 24.3 Å². The summed E-state index contributed by atoms with van der Waals surface area (Å²) in [5.74, 6) is 0.405. The van der Waals surface area contributed by atoms with Gasteiger partial charge >= 0.3 is 0 Å². The van der Waals surface area contributed by atoms with Gasteiger partial charge in [0, 0.05) is 31.2 Å². The smallest absolute Gasteiger partial charge is 0.211 e. The fourth-order valence-electron chi connectivity index (χ4n) is 3.45. The molecule has 1 aromatic rings. The molecule has 7 heteroatoms. The number of rotatable bonds is 6. The maximum atomic E-state index is 11.5. The zero-order chi connectivity index (χ0) is 17.2. The Balaban J connectivity index is 1.42.